The fraction of sp³-hybridized carbons (Fsp3) is 0.556. The predicted octanol–water partition coefficient (Wildman–Crippen LogP) is 2.55. The van der Waals surface area contributed by atoms with Gasteiger partial charge in [-0.1, -0.05) is 0 Å². The number of hydrogen-bond acceptors (Lipinski definition) is 7. The van der Waals surface area contributed by atoms with Gasteiger partial charge in [0.15, 0.2) is 0 Å². The lowest BCUT2D eigenvalue weighted by Crippen LogP contribution is -2.34. The Labute approximate surface area is 148 Å². The molecule has 1 aromatic carbocycles. The molecule has 0 N–H and O–H groups in total. The van der Waals surface area contributed by atoms with Crippen molar-refractivity contribution in [1.82, 2.24) is 0 Å². The summed E-state index contributed by atoms with van der Waals surface area (Å²) in [4.78, 5) is 0. The van der Waals surface area contributed by atoms with E-state index in [1.165, 1.54) is 0 Å². The summed E-state index contributed by atoms with van der Waals surface area (Å²) in [7, 11) is 8.02. The van der Waals surface area contributed by atoms with Crippen LogP contribution in [0.25, 0.3) is 0 Å². The third kappa shape index (κ3) is 4.36. The molecule has 0 radical (unpaired) electrons. The Hall–Kier alpha value is -1.96. The largest absolute Gasteiger partial charge is 0.496 e. The highest BCUT2D eigenvalue weighted by Crippen LogP contribution is 2.42. The van der Waals surface area contributed by atoms with E-state index in [1.807, 2.05) is 6.08 Å². The van der Waals surface area contributed by atoms with Crippen LogP contribution in [0.3, 0.4) is 0 Å². The van der Waals surface area contributed by atoms with Gasteiger partial charge >= 0.3 is 0 Å². The molecule has 1 unspecified atom stereocenters. The van der Waals surface area contributed by atoms with E-state index in [0.29, 0.717) is 42.6 Å². The van der Waals surface area contributed by atoms with Crippen LogP contribution in [-0.2, 0) is 18.9 Å². The van der Waals surface area contributed by atoms with Gasteiger partial charge in [-0.2, -0.15) is 0 Å². The van der Waals surface area contributed by atoms with Gasteiger partial charge in [0.2, 0.25) is 6.29 Å². The summed E-state index contributed by atoms with van der Waals surface area (Å²) in [5.41, 5.74) is 0.228. The predicted molar refractivity (Wildman–Crippen MR) is 91.2 cm³/mol. The molecule has 1 heterocycles. The van der Waals surface area contributed by atoms with Gasteiger partial charge in [-0.05, 0) is 6.08 Å². The van der Waals surface area contributed by atoms with Gasteiger partial charge in [0.25, 0.3) is 0 Å². The molecule has 7 nitrogen and oxygen atoms in total. The van der Waals surface area contributed by atoms with E-state index in [4.69, 9.17) is 33.2 Å². The van der Waals surface area contributed by atoms with Gasteiger partial charge in [-0.3, -0.25) is 0 Å². The minimum atomic E-state index is -0.692. The first-order chi connectivity index (χ1) is 12.1. The Morgan fingerprint density at radius 1 is 0.960 bits per heavy atom. The first kappa shape index (κ1) is 19.4. The lowest BCUT2D eigenvalue weighted by molar-refractivity contribution is -0.132. The first-order valence-electron chi connectivity index (χ1n) is 7.85. The maximum atomic E-state index is 6.02. The highest BCUT2D eigenvalue weighted by molar-refractivity contribution is 5.51. The lowest BCUT2D eigenvalue weighted by Gasteiger charge is -2.28. The monoisotopic (exact) mass is 354 g/mol. The fourth-order valence-electron chi connectivity index (χ4n) is 2.80. The summed E-state index contributed by atoms with van der Waals surface area (Å²) in [6, 6.07) is 3.52. The number of hydrogen-bond donors (Lipinski definition) is 0. The lowest BCUT2D eigenvalue weighted by atomic mass is 9.91. The van der Waals surface area contributed by atoms with Crippen molar-refractivity contribution in [2.45, 2.75) is 6.29 Å². The average molecular weight is 354 g/mol. The van der Waals surface area contributed by atoms with Gasteiger partial charge < -0.3 is 33.2 Å². The Morgan fingerprint density at radius 2 is 1.56 bits per heavy atom. The molecular weight excluding hydrogens is 328 g/mol. The number of rotatable bonds is 8. The molecule has 0 saturated carbocycles. The van der Waals surface area contributed by atoms with Crippen LogP contribution < -0.4 is 14.2 Å². The third-order valence-electron chi connectivity index (χ3n) is 4.00. The van der Waals surface area contributed by atoms with Crippen LogP contribution >= 0.6 is 0 Å². The van der Waals surface area contributed by atoms with Crippen LogP contribution in [0, 0.1) is 5.41 Å². The smallest absolute Gasteiger partial charge is 0.233 e. The highest BCUT2D eigenvalue weighted by atomic mass is 16.7. The molecule has 0 spiro atoms. The molecule has 1 aliphatic heterocycles. The number of methoxy groups -OCH3 is 5. The molecule has 0 aliphatic carbocycles. The Bertz CT molecular complexity index is 554. The fourth-order valence-corrected chi connectivity index (χ4v) is 2.80. The second-order valence-corrected chi connectivity index (χ2v) is 5.76. The van der Waals surface area contributed by atoms with E-state index in [2.05, 4.69) is 0 Å². The molecule has 1 atom stereocenters. The molecule has 0 saturated heterocycles. The second-order valence-electron chi connectivity index (χ2n) is 5.76. The Morgan fingerprint density at radius 3 is 2.04 bits per heavy atom. The zero-order chi connectivity index (χ0) is 18.3. The average Bonchev–Trinajstić information content (AvgIpc) is 2.83. The topological polar surface area (TPSA) is 64.6 Å². The van der Waals surface area contributed by atoms with Crippen molar-refractivity contribution in [2.75, 3.05) is 55.4 Å². The molecule has 140 valence electrons. The third-order valence-corrected chi connectivity index (χ3v) is 4.00. The van der Waals surface area contributed by atoms with Crippen molar-refractivity contribution >= 4 is 0 Å². The Kier molecular flexibility index (Phi) is 6.92. The molecule has 0 fully saturated rings. The molecule has 7 heteroatoms. The summed E-state index contributed by atoms with van der Waals surface area (Å²) < 4.78 is 38.7. The van der Waals surface area contributed by atoms with Crippen molar-refractivity contribution in [3.63, 3.8) is 0 Å². The van der Waals surface area contributed by atoms with Gasteiger partial charge in [-0.25, -0.2) is 0 Å². The van der Waals surface area contributed by atoms with E-state index in [1.54, 1.807) is 53.9 Å². The summed E-state index contributed by atoms with van der Waals surface area (Å²) in [5.74, 6) is 1.73. The van der Waals surface area contributed by atoms with Crippen molar-refractivity contribution in [2.24, 2.45) is 5.41 Å². The van der Waals surface area contributed by atoms with Crippen molar-refractivity contribution < 1.29 is 33.2 Å². The van der Waals surface area contributed by atoms with E-state index in [-0.39, 0.29) is 0 Å². The minimum Gasteiger partial charge on any atom is -0.496 e. The van der Waals surface area contributed by atoms with Gasteiger partial charge in [-0.15, -0.1) is 0 Å². The molecule has 1 aromatic rings. The zero-order valence-electron chi connectivity index (χ0n) is 15.4. The molecular formula is C18H26O7. The van der Waals surface area contributed by atoms with Crippen LogP contribution in [0.5, 0.6) is 17.2 Å². The number of benzene rings is 1. The number of ether oxygens (including phenoxy) is 7. The van der Waals surface area contributed by atoms with Crippen LogP contribution in [0.15, 0.2) is 24.5 Å². The minimum absolute atomic E-state index is 0.355. The van der Waals surface area contributed by atoms with E-state index in [0.717, 1.165) is 0 Å². The van der Waals surface area contributed by atoms with Gasteiger partial charge in [0.1, 0.15) is 22.8 Å². The SMILES string of the molecule is COCC1(COC)C=COC(c2c(OC)cc(OC)cc2OC)OC1. The van der Waals surface area contributed by atoms with Crippen LogP contribution in [-0.4, -0.2) is 55.4 Å². The quantitative estimate of drug-likeness (QED) is 0.711. The molecule has 2 rings (SSSR count). The molecule has 25 heavy (non-hydrogen) atoms. The molecule has 0 aromatic heterocycles. The Balaban J connectivity index is 2.33. The van der Waals surface area contributed by atoms with Gasteiger partial charge in [0, 0.05) is 26.4 Å². The first-order valence-corrected chi connectivity index (χ1v) is 7.85. The standard InChI is InChI=1S/C18H26O7/c1-19-10-18(11-20-2)6-7-24-17(25-12-18)16-14(22-4)8-13(21-3)9-15(16)23-5/h6-9,17H,10-12H2,1-5H3. The van der Waals surface area contributed by atoms with Crippen molar-refractivity contribution in [3.05, 3.63) is 30.0 Å². The highest BCUT2D eigenvalue weighted by Gasteiger charge is 2.34. The van der Waals surface area contributed by atoms with Crippen molar-refractivity contribution in [1.29, 1.82) is 0 Å². The maximum Gasteiger partial charge on any atom is 0.233 e. The van der Waals surface area contributed by atoms with E-state index >= 15 is 0 Å². The normalized spacial score (nSPS) is 19.0. The maximum absolute atomic E-state index is 6.02. The van der Waals surface area contributed by atoms with E-state index < -0.39 is 11.7 Å². The second kappa shape index (κ2) is 8.94. The van der Waals surface area contributed by atoms with Crippen LogP contribution in [0.1, 0.15) is 11.9 Å². The van der Waals surface area contributed by atoms with Gasteiger partial charge in [0.05, 0.1) is 52.8 Å². The summed E-state index contributed by atoms with van der Waals surface area (Å²) in [6.45, 7) is 1.25. The molecule has 0 bridgehead atoms. The molecule has 1 aliphatic rings. The van der Waals surface area contributed by atoms with Crippen LogP contribution in [0.2, 0.25) is 0 Å². The molecule has 0 amide bonds. The summed E-state index contributed by atoms with van der Waals surface area (Å²) in [6.07, 6.45) is 2.82. The van der Waals surface area contributed by atoms with Crippen LogP contribution in [0.4, 0.5) is 0 Å². The van der Waals surface area contributed by atoms with Crippen molar-refractivity contribution in [3.8, 4) is 17.2 Å². The summed E-state index contributed by atoms with van der Waals surface area (Å²) >= 11 is 0. The van der Waals surface area contributed by atoms with E-state index in [9.17, 15) is 0 Å². The summed E-state index contributed by atoms with van der Waals surface area (Å²) in [5, 5.41) is 0. The zero-order valence-corrected chi connectivity index (χ0v) is 15.4.